The third-order valence-corrected chi connectivity index (χ3v) is 2.30. The van der Waals surface area contributed by atoms with Crippen molar-refractivity contribution < 1.29 is 9.90 Å². The van der Waals surface area contributed by atoms with E-state index in [1.807, 2.05) is 12.1 Å². The highest BCUT2D eigenvalue weighted by molar-refractivity contribution is 6.07. The van der Waals surface area contributed by atoms with Crippen molar-refractivity contribution in [1.29, 1.82) is 0 Å². The van der Waals surface area contributed by atoms with Gasteiger partial charge in [-0.15, -0.1) is 0 Å². The van der Waals surface area contributed by atoms with Crippen molar-refractivity contribution >= 4 is 5.78 Å². The summed E-state index contributed by atoms with van der Waals surface area (Å²) in [4.78, 5) is 11.9. The summed E-state index contributed by atoms with van der Waals surface area (Å²) in [7, 11) is 0. The summed E-state index contributed by atoms with van der Waals surface area (Å²) in [5.74, 6) is -0.355. The molecule has 0 amide bonds. The molecule has 0 bridgehead atoms. The number of rotatable bonds is 3. The fourth-order valence-corrected chi connectivity index (χ4v) is 1.45. The number of hydrogen-bond acceptors (Lipinski definition) is 2. The molecule has 0 fully saturated rings. The summed E-state index contributed by atoms with van der Waals surface area (Å²) in [6, 6.07) is 17.5. The molecule has 2 aromatic carbocycles. The number of aliphatic hydroxyl groups excluding tert-OH is 1. The van der Waals surface area contributed by atoms with E-state index in [0.29, 0.717) is 11.1 Å². The molecule has 0 aliphatic rings. The average molecular weight is 211 g/mol. The summed E-state index contributed by atoms with van der Waals surface area (Å²) in [6.07, 6.45) is -0.216. The molecule has 0 aromatic heterocycles. The standard InChI is InChI=1S/C14H11O2/c15-13(11-7-3-1-4-8-11)14(16)12-9-5-2-6-10-12/h1-10,15H. The lowest BCUT2D eigenvalue weighted by Crippen LogP contribution is -2.12. The average Bonchev–Trinajstić information content (AvgIpc) is 2.39. The third kappa shape index (κ3) is 2.18. The van der Waals surface area contributed by atoms with E-state index in [-0.39, 0.29) is 11.9 Å². The minimum Gasteiger partial charge on any atom is -0.374 e. The van der Waals surface area contributed by atoms with Gasteiger partial charge in [-0.1, -0.05) is 60.7 Å². The van der Waals surface area contributed by atoms with Gasteiger partial charge in [0, 0.05) is 5.56 Å². The minimum atomic E-state index is -0.355. The van der Waals surface area contributed by atoms with Crippen molar-refractivity contribution in [3.63, 3.8) is 0 Å². The molecule has 16 heavy (non-hydrogen) atoms. The van der Waals surface area contributed by atoms with Gasteiger partial charge in [0.1, 0.15) is 0 Å². The van der Waals surface area contributed by atoms with Crippen LogP contribution in [0.3, 0.4) is 0 Å². The molecule has 1 radical (unpaired) electrons. The van der Waals surface area contributed by atoms with Crippen molar-refractivity contribution in [2.24, 2.45) is 0 Å². The first-order chi connectivity index (χ1) is 7.79. The second-order valence-electron chi connectivity index (χ2n) is 3.41. The second-order valence-corrected chi connectivity index (χ2v) is 3.41. The Morgan fingerprint density at radius 1 is 0.750 bits per heavy atom. The number of hydrogen-bond donors (Lipinski definition) is 1. The Hall–Kier alpha value is -1.93. The van der Waals surface area contributed by atoms with E-state index in [1.54, 1.807) is 48.5 Å². The van der Waals surface area contributed by atoms with E-state index < -0.39 is 0 Å². The molecule has 0 saturated heterocycles. The van der Waals surface area contributed by atoms with Gasteiger partial charge in [-0.05, 0) is 5.56 Å². The summed E-state index contributed by atoms with van der Waals surface area (Å²) in [5, 5.41) is 9.81. The van der Waals surface area contributed by atoms with Gasteiger partial charge in [-0.3, -0.25) is 4.79 Å². The van der Waals surface area contributed by atoms with Gasteiger partial charge < -0.3 is 5.11 Å². The minimum absolute atomic E-state index is 0.216. The van der Waals surface area contributed by atoms with Gasteiger partial charge in [-0.25, -0.2) is 0 Å². The predicted molar refractivity (Wildman–Crippen MR) is 61.5 cm³/mol. The molecule has 0 spiro atoms. The Labute approximate surface area is 94.2 Å². The molecule has 2 heteroatoms. The highest BCUT2D eigenvalue weighted by Crippen LogP contribution is 2.16. The van der Waals surface area contributed by atoms with Crippen molar-refractivity contribution in [2.45, 2.75) is 0 Å². The van der Waals surface area contributed by atoms with Crippen LogP contribution in [0.15, 0.2) is 60.7 Å². The molecule has 0 saturated carbocycles. The summed E-state index contributed by atoms with van der Waals surface area (Å²) in [5.41, 5.74) is 1.03. The maximum absolute atomic E-state index is 11.9. The fourth-order valence-electron chi connectivity index (χ4n) is 1.45. The Balaban J connectivity index is 2.24. The Morgan fingerprint density at radius 2 is 1.19 bits per heavy atom. The van der Waals surface area contributed by atoms with E-state index in [2.05, 4.69) is 0 Å². The van der Waals surface area contributed by atoms with Crippen molar-refractivity contribution in [1.82, 2.24) is 0 Å². The lowest BCUT2D eigenvalue weighted by Gasteiger charge is -2.07. The van der Waals surface area contributed by atoms with Crippen LogP contribution >= 0.6 is 0 Å². The highest BCUT2D eigenvalue weighted by atomic mass is 16.3. The van der Waals surface area contributed by atoms with Crippen molar-refractivity contribution in [3.8, 4) is 0 Å². The van der Waals surface area contributed by atoms with Gasteiger partial charge in [0.05, 0.1) is 0 Å². The molecule has 2 aromatic rings. The quantitative estimate of drug-likeness (QED) is 0.792. The predicted octanol–water partition coefficient (Wildman–Crippen LogP) is 2.82. The zero-order chi connectivity index (χ0) is 11.4. The van der Waals surface area contributed by atoms with Crippen LogP contribution in [0, 0.1) is 6.10 Å². The number of aliphatic hydroxyl groups is 1. The molecule has 0 heterocycles. The second kappa shape index (κ2) is 4.73. The van der Waals surface area contributed by atoms with Gasteiger partial charge in [0.25, 0.3) is 0 Å². The maximum atomic E-state index is 11.9. The lowest BCUT2D eigenvalue weighted by atomic mass is 10.0. The first-order valence-corrected chi connectivity index (χ1v) is 5.00. The van der Waals surface area contributed by atoms with Crippen molar-refractivity contribution in [3.05, 3.63) is 77.9 Å². The first kappa shape index (κ1) is 10.6. The first-order valence-electron chi connectivity index (χ1n) is 5.00. The normalized spacial score (nSPS) is 10.4. The maximum Gasteiger partial charge on any atom is 0.202 e. The molecule has 2 nitrogen and oxygen atoms in total. The van der Waals surface area contributed by atoms with Crippen LogP contribution < -0.4 is 0 Å². The number of ketones is 1. The van der Waals surface area contributed by atoms with Crippen LogP contribution in [0.4, 0.5) is 0 Å². The fraction of sp³-hybridized carbons (Fsp3) is 0. The SMILES string of the molecule is O=C([C](O)c1ccccc1)c1ccccc1. The monoisotopic (exact) mass is 211 g/mol. The molecule has 0 atom stereocenters. The molecule has 0 aliphatic heterocycles. The van der Waals surface area contributed by atoms with Crippen LogP contribution in [0.5, 0.6) is 0 Å². The number of carbonyl (C=O) groups is 1. The van der Waals surface area contributed by atoms with Gasteiger partial charge >= 0.3 is 0 Å². The summed E-state index contributed by atoms with van der Waals surface area (Å²) in [6.45, 7) is 0. The van der Waals surface area contributed by atoms with Crippen LogP contribution in [-0.4, -0.2) is 10.9 Å². The molecular weight excluding hydrogens is 200 g/mol. The van der Waals surface area contributed by atoms with Crippen molar-refractivity contribution in [2.75, 3.05) is 0 Å². The van der Waals surface area contributed by atoms with Gasteiger partial charge in [-0.2, -0.15) is 0 Å². The zero-order valence-corrected chi connectivity index (χ0v) is 8.63. The van der Waals surface area contributed by atoms with Gasteiger partial charge in [0.2, 0.25) is 5.78 Å². The number of Topliss-reactive ketones (excluding diaryl/α,β-unsaturated/α-hetero) is 1. The van der Waals surface area contributed by atoms with Crippen LogP contribution in [0.2, 0.25) is 0 Å². The Bertz CT molecular complexity index is 463. The van der Waals surface area contributed by atoms with E-state index >= 15 is 0 Å². The van der Waals surface area contributed by atoms with E-state index in [1.165, 1.54) is 0 Å². The van der Waals surface area contributed by atoms with Crippen LogP contribution in [0.1, 0.15) is 15.9 Å². The molecule has 1 N–H and O–H groups in total. The molecule has 0 aliphatic carbocycles. The zero-order valence-electron chi connectivity index (χ0n) is 8.63. The molecular formula is C14H11O2. The van der Waals surface area contributed by atoms with Crippen LogP contribution in [0.25, 0.3) is 0 Å². The van der Waals surface area contributed by atoms with E-state index in [0.717, 1.165) is 0 Å². The summed E-state index contributed by atoms with van der Waals surface area (Å²) >= 11 is 0. The smallest absolute Gasteiger partial charge is 0.202 e. The van der Waals surface area contributed by atoms with E-state index in [9.17, 15) is 9.90 Å². The Morgan fingerprint density at radius 3 is 1.69 bits per heavy atom. The third-order valence-electron chi connectivity index (χ3n) is 2.30. The largest absolute Gasteiger partial charge is 0.374 e. The summed E-state index contributed by atoms with van der Waals surface area (Å²) < 4.78 is 0. The van der Waals surface area contributed by atoms with Crippen LogP contribution in [-0.2, 0) is 0 Å². The Kier molecular flexibility index (Phi) is 3.13. The van der Waals surface area contributed by atoms with Gasteiger partial charge in [0.15, 0.2) is 6.10 Å². The lowest BCUT2D eigenvalue weighted by molar-refractivity contribution is 0.0929. The number of benzene rings is 2. The molecule has 0 unspecified atom stereocenters. The highest BCUT2D eigenvalue weighted by Gasteiger charge is 2.19. The van der Waals surface area contributed by atoms with E-state index in [4.69, 9.17) is 0 Å². The number of carbonyl (C=O) groups excluding carboxylic acids is 1. The molecule has 79 valence electrons. The topological polar surface area (TPSA) is 37.3 Å². The molecule has 2 rings (SSSR count).